The van der Waals surface area contributed by atoms with Gasteiger partial charge >= 0.3 is 5.97 Å². The third-order valence-electron chi connectivity index (χ3n) is 4.83. The van der Waals surface area contributed by atoms with Crippen LogP contribution in [0, 0.1) is 11.8 Å². The molecule has 1 heterocycles. The largest absolute Gasteiger partial charge is 0.467 e. The number of methoxy groups -OCH3 is 1. The van der Waals surface area contributed by atoms with Gasteiger partial charge in [0, 0.05) is 7.05 Å². The summed E-state index contributed by atoms with van der Waals surface area (Å²) in [6, 6.07) is 4.70. The summed E-state index contributed by atoms with van der Waals surface area (Å²) in [5.41, 5.74) is 0.578. The second-order valence-corrected chi connectivity index (χ2v) is 7.38. The number of benzene rings is 1. The van der Waals surface area contributed by atoms with E-state index in [9.17, 15) is 19.2 Å². The number of imide groups is 1. The number of nitrogens with zero attached hydrogens (tertiary/aromatic N) is 2. The second kappa shape index (κ2) is 7.90. The van der Waals surface area contributed by atoms with E-state index in [0.717, 1.165) is 4.90 Å². The van der Waals surface area contributed by atoms with Crippen LogP contribution in [0.4, 0.5) is 0 Å². The van der Waals surface area contributed by atoms with Crippen LogP contribution in [0.2, 0.25) is 0 Å². The number of carbonyl (C=O) groups is 4. The van der Waals surface area contributed by atoms with E-state index in [1.165, 1.54) is 19.1 Å². The van der Waals surface area contributed by atoms with Gasteiger partial charge in [0.25, 0.3) is 11.8 Å². The minimum atomic E-state index is -1.01. The molecule has 1 aliphatic heterocycles. The molecule has 1 aromatic carbocycles. The summed E-state index contributed by atoms with van der Waals surface area (Å²) in [5.74, 6) is -2.51. The maximum absolute atomic E-state index is 13.3. The minimum absolute atomic E-state index is 0.193. The number of hydrogen-bond acceptors (Lipinski definition) is 5. The molecule has 0 N–H and O–H groups in total. The van der Waals surface area contributed by atoms with Crippen LogP contribution in [0.1, 0.15) is 48.4 Å². The Labute approximate surface area is 159 Å². The Hall–Kier alpha value is -2.70. The first-order chi connectivity index (χ1) is 12.6. The normalized spacial score (nSPS) is 15.8. The van der Waals surface area contributed by atoms with E-state index in [1.54, 1.807) is 52.0 Å². The fourth-order valence-electron chi connectivity index (χ4n) is 3.50. The standard InChI is InChI=1S/C20H26N2O5/c1-11(2)15(19(25)21(5)16(12(3)4)20(26)27-6)22-17(23)13-9-7-8-10-14(13)18(22)24/h7-12,15-16H,1-6H3/t15-,16-/m0/s1. The number of carbonyl (C=O) groups excluding carboxylic acids is 4. The molecule has 0 bridgehead atoms. The fourth-order valence-corrected chi connectivity index (χ4v) is 3.50. The molecule has 2 rings (SSSR count). The Morgan fingerprint density at radius 3 is 1.81 bits per heavy atom. The van der Waals surface area contributed by atoms with Gasteiger partial charge in [-0.1, -0.05) is 39.8 Å². The quantitative estimate of drug-likeness (QED) is 0.561. The molecule has 0 aliphatic carbocycles. The molecule has 1 aromatic rings. The molecule has 0 saturated heterocycles. The number of esters is 1. The minimum Gasteiger partial charge on any atom is -0.467 e. The van der Waals surface area contributed by atoms with Gasteiger partial charge in [0.15, 0.2) is 0 Å². The van der Waals surface area contributed by atoms with E-state index in [4.69, 9.17) is 4.74 Å². The molecule has 0 fully saturated rings. The van der Waals surface area contributed by atoms with Crippen molar-refractivity contribution in [1.29, 1.82) is 0 Å². The number of rotatable bonds is 6. The van der Waals surface area contributed by atoms with Gasteiger partial charge in [-0.3, -0.25) is 19.3 Å². The third kappa shape index (κ3) is 3.59. The lowest BCUT2D eigenvalue weighted by molar-refractivity contribution is -0.155. The fraction of sp³-hybridized carbons (Fsp3) is 0.500. The first-order valence-corrected chi connectivity index (χ1v) is 8.94. The zero-order valence-corrected chi connectivity index (χ0v) is 16.6. The summed E-state index contributed by atoms with van der Waals surface area (Å²) in [6.45, 7) is 7.14. The smallest absolute Gasteiger partial charge is 0.328 e. The SMILES string of the molecule is COC(=O)[C@H](C(C)C)N(C)C(=O)[C@H](C(C)C)N1C(=O)c2ccccc2C1=O. The summed E-state index contributed by atoms with van der Waals surface area (Å²) in [7, 11) is 2.76. The van der Waals surface area contributed by atoms with Crippen molar-refractivity contribution >= 4 is 23.7 Å². The Morgan fingerprint density at radius 1 is 0.963 bits per heavy atom. The Morgan fingerprint density at radius 2 is 1.44 bits per heavy atom. The number of likely N-dealkylation sites (N-methyl/N-ethyl adjacent to an activating group) is 1. The van der Waals surface area contributed by atoms with E-state index >= 15 is 0 Å². The van der Waals surface area contributed by atoms with Crippen LogP contribution in [0.25, 0.3) is 0 Å². The van der Waals surface area contributed by atoms with Crippen LogP contribution in [0.15, 0.2) is 24.3 Å². The highest BCUT2D eigenvalue weighted by Gasteiger charge is 2.46. The lowest BCUT2D eigenvalue weighted by Crippen LogP contribution is -2.57. The van der Waals surface area contributed by atoms with E-state index in [2.05, 4.69) is 0 Å². The Bertz CT molecular complexity index is 736. The maximum atomic E-state index is 13.3. The van der Waals surface area contributed by atoms with Crippen LogP contribution < -0.4 is 0 Å². The zero-order chi connectivity index (χ0) is 20.5. The van der Waals surface area contributed by atoms with Gasteiger partial charge in [-0.05, 0) is 24.0 Å². The van der Waals surface area contributed by atoms with E-state index in [0.29, 0.717) is 0 Å². The molecular weight excluding hydrogens is 348 g/mol. The highest BCUT2D eigenvalue weighted by atomic mass is 16.5. The molecule has 1 aliphatic rings. The van der Waals surface area contributed by atoms with Crippen molar-refractivity contribution in [3.05, 3.63) is 35.4 Å². The Kier molecular flexibility index (Phi) is 6.03. The molecule has 146 valence electrons. The summed E-state index contributed by atoms with van der Waals surface area (Å²) < 4.78 is 4.82. The topological polar surface area (TPSA) is 84.0 Å². The van der Waals surface area contributed by atoms with Crippen LogP contribution in [0.3, 0.4) is 0 Å². The molecule has 7 nitrogen and oxygen atoms in total. The lowest BCUT2D eigenvalue weighted by Gasteiger charge is -2.36. The highest BCUT2D eigenvalue weighted by Crippen LogP contribution is 2.28. The third-order valence-corrected chi connectivity index (χ3v) is 4.83. The molecular formula is C20H26N2O5. The molecule has 0 aromatic heterocycles. The number of ether oxygens (including phenoxy) is 1. The van der Waals surface area contributed by atoms with Crippen molar-refractivity contribution in [2.24, 2.45) is 11.8 Å². The first-order valence-electron chi connectivity index (χ1n) is 8.94. The maximum Gasteiger partial charge on any atom is 0.328 e. The van der Waals surface area contributed by atoms with Gasteiger partial charge in [0.1, 0.15) is 12.1 Å². The molecule has 27 heavy (non-hydrogen) atoms. The summed E-state index contributed by atoms with van der Waals surface area (Å²) in [4.78, 5) is 53.3. The second-order valence-electron chi connectivity index (χ2n) is 7.38. The van der Waals surface area contributed by atoms with Crippen LogP contribution in [-0.2, 0) is 14.3 Å². The van der Waals surface area contributed by atoms with E-state index in [-0.39, 0.29) is 23.0 Å². The summed E-state index contributed by atoms with van der Waals surface area (Å²) in [6.07, 6.45) is 0. The molecule has 7 heteroatoms. The number of fused-ring (bicyclic) bond motifs is 1. The molecule has 0 radical (unpaired) electrons. The lowest BCUT2D eigenvalue weighted by atomic mass is 9.97. The van der Waals surface area contributed by atoms with Crippen molar-refractivity contribution in [1.82, 2.24) is 9.80 Å². The number of amides is 3. The zero-order valence-electron chi connectivity index (χ0n) is 16.6. The summed E-state index contributed by atoms with van der Waals surface area (Å²) in [5, 5.41) is 0. The van der Waals surface area contributed by atoms with Crippen LogP contribution >= 0.6 is 0 Å². The van der Waals surface area contributed by atoms with Gasteiger partial charge in [-0.25, -0.2) is 4.79 Å². The predicted molar refractivity (Wildman–Crippen MR) is 99.0 cm³/mol. The van der Waals surface area contributed by atoms with Gasteiger partial charge in [0.05, 0.1) is 18.2 Å². The van der Waals surface area contributed by atoms with E-state index < -0.39 is 35.8 Å². The molecule has 3 amide bonds. The van der Waals surface area contributed by atoms with Gasteiger partial charge in [-0.15, -0.1) is 0 Å². The van der Waals surface area contributed by atoms with E-state index in [1.807, 2.05) is 0 Å². The van der Waals surface area contributed by atoms with Crippen molar-refractivity contribution in [3.63, 3.8) is 0 Å². The van der Waals surface area contributed by atoms with Crippen molar-refractivity contribution in [2.75, 3.05) is 14.2 Å². The molecule has 0 unspecified atom stereocenters. The van der Waals surface area contributed by atoms with Gasteiger partial charge < -0.3 is 9.64 Å². The molecule has 0 saturated carbocycles. The highest BCUT2D eigenvalue weighted by molar-refractivity contribution is 6.22. The van der Waals surface area contributed by atoms with Gasteiger partial charge in [-0.2, -0.15) is 0 Å². The monoisotopic (exact) mass is 374 g/mol. The van der Waals surface area contributed by atoms with Crippen molar-refractivity contribution < 1.29 is 23.9 Å². The van der Waals surface area contributed by atoms with Crippen LogP contribution in [-0.4, -0.2) is 59.7 Å². The molecule has 2 atom stereocenters. The van der Waals surface area contributed by atoms with Gasteiger partial charge in [0.2, 0.25) is 5.91 Å². The first kappa shape index (κ1) is 20.6. The summed E-state index contributed by atoms with van der Waals surface area (Å²) >= 11 is 0. The average molecular weight is 374 g/mol. The van der Waals surface area contributed by atoms with Crippen molar-refractivity contribution in [2.45, 2.75) is 39.8 Å². The molecule has 0 spiro atoms. The predicted octanol–water partition coefficient (Wildman–Crippen LogP) is 1.96. The number of hydrogen-bond donors (Lipinski definition) is 0. The average Bonchev–Trinajstić information content (AvgIpc) is 2.86. The van der Waals surface area contributed by atoms with Crippen molar-refractivity contribution in [3.8, 4) is 0 Å². The van der Waals surface area contributed by atoms with Crippen LogP contribution in [0.5, 0.6) is 0 Å². The Balaban J connectivity index is 2.41.